The molecule has 0 atom stereocenters. The minimum absolute atomic E-state index is 0.146. The van der Waals surface area contributed by atoms with E-state index in [-0.39, 0.29) is 16.9 Å². The molecular formula is C16H12ClN5O3. The van der Waals surface area contributed by atoms with Crippen LogP contribution in [0.5, 0.6) is 0 Å². The lowest BCUT2D eigenvalue weighted by atomic mass is 10.1. The molecule has 2 aromatic carbocycles. The molecule has 0 saturated carbocycles. The lowest BCUT2D eigenvalue weighted by Crippen LogP contribution is -2.13. The van der Waals surface area contributed by atoms with E-state index in [1.165, 1.54) is 35.5 Å². The fourth-order valence-electron chi connectivity index (χ4n) is 2.21. The number of carbonyl (C=O) groups is 1. The van der Waals surface area contributed by atoms with Crippen LogP contribution in [0.15, 0.2) is 49.1 Å². The van der Waals surface area contributed by atoms with Gasteiger partial charge in [-0.25, -0.2) is 9.67 Å². The van der Waals surface area contributed by atoms with Crippen molar-refractivity contribution < 1.29 is 9.72 Å². The molecule has 0 fully saturated rings. The number of halogens is 1. The van der Waals surface area contributed by atoms with Crippen LogP contribution in [0, 0.1) is 17.0 Å². The molecule has 0 aliphatic rings. The topological polar surface area (TPSA) is 103 Å². The summed E-state index contributed by atoms with van der Waals surface area (Å²) < 4.78 is 1.26. The van der Waals surface area contributed by atoms with E-state index >= 15 is 0 Å². The van der Waals surface area contributed by atoms with Crippen LogP contribution in [0.1, 0.15) is 15.9 Å². The van der Waals surface area contributed by atoms with Crippen molar-refractivity contribution in [1.29, 1.82) is 0 Å². The Labute approximate surface area is 147 Å². The van der Waals surface area contributed by atoms with E-state index in [0.717, 1.165) is 5.56 Å². The zero-order valence-corrected chi connectivity index (χ0v) is 13.8. The number of nitrogens with one attached hydrogen (secondary N) is 1. The van der Waals surface area contributed by atoms with Crippen molar-refractivity contribution in [2.75, 3.05) is 5.32 Å². The van der Waals surface area contributed by atoms with Crippen molar-refractivity contribution in [3.05, 3.63) is 75.3 Å². The maximum atomic E-state index is 12.4. The fourth-order valence-corrected chi connectivity index (χ4v) is 2.39. The van der Waals surface area contributed by atoms with Crippen LogP contribution in [-0.2, 0) is 0 Å². The smallest absolute Gasteiger partial charge is 0.295 e. The number of hydrogen-bond acceptors (Lipinski definition) is 5. The summed E-state index contributed by atoms with van der Waals surface area (Å²) in [6.45, 7) is 1.85. The highest BCUT2D eigenvalue weighted by Gasteiger charge is 2.19. The van der Waals surface area contributed by atoms with Crippen LogP contribution in [-0.4, -0.2) is 25.6 Å². The number of nitrogens with zero attached hydrogens (tertiary/aromatic N) is 4. The maximum Gasteiger partial charge on any atom is 0.295 e. The first-order valence-electron chi connectivity index (χ1n) is 7.16. The fraction of sp³-hybridized carbons (Fsp3) is 0.0625. The van der Waals surface area contributed by atoms with Crippen molar-refractivity contribution in [3.63, 3.8) is 0 Å². The largest absolute Gasteiger partial charge is 0.322 e. The van der Waals surface area contributed by atoms with Gasteiger partial charge in [-0.3, -0.25) is 14.9 Å². The van der Waals surface area contributed by atoms with E-state index in [1.807, 2.05) is 6.92 Å². The average molecular weight is 358 g/mol. The standard InChI is InChI=1S/C16H12ClN5O3/c1-10-2-4-12(7-13(10)17)20-16(23)11-3-5-14(15(6-11)22(24)25)21-9-18-8-19-21/h2-9H,1H3,(H,20,23). The van der Waals surface area contributed by atoms with Gasteiger partial charge in [0.25, 0.3) is 11.6 Å². The Kier molecular flexibility index (Phi) is 4.44. The molecule has 3 aromatic rings. The third kappa shape index (κ3) is 3.48. The Morgan fingerprint density at radius 1 is 1.28 bits per heavy atom. The van der Waals surface area contributed by atoms with Gasteiger partial charge in [0.2, 0.25) is 0 Å². The van der Waals surface area contributed by atoms with Gasteiger partial charge in [0.15, 0.2) is 0 Å². The summed E-state index contributed by atoms with van der Waals surface area (Å²) >= 11 is 6.03. The molecular weight excluding hydrogens is 346 g/mol. The summed E-state index contributed by atoms with van der Waals surface area (Å²) in [7, 11) is 0. The van der Waals surface area contributed by atoms with Crippen molar-refractivity contribution in [1.82, 2.24) is 14.8 Å². The first-order chi connectivity index (χ1) is 12.0. The second kappa shape index (κ2) is 6.70. The van der Waals surface area contributed by atoms with Gasteiger partial charge < -0.3 is 5.32 Å². The Hall–Kier alpha value is -3.26. The number of hydrogen-bond donors (Lipinski definition) is 1. The SMILES string of the molecule is Cc1ccc(NC(=O)c2ccc(-n3cncn3)c([N+](=O)[O-])c2)cc1Cl. The summed E-state index contributed by atoms with van der Waals surface area (Å²) in [4.78, 5) is 26.9. The molecule has 3 rings (SSSR count). The summed E-state index contributed by atoms with van der Waals surface area (Å²) in [5, 5.41) is 18.4. The van der Waals surface area contributed by atoms with Gasteiger partial charge in [-0.1, -0.05) is 17.7 Å². The predicted octanol–water partition coefficient (Wildman–Crippen LogP) is 3.39. The summed E-state index contributed by atoms with van der Waals surface area (Å²) in [5.74, 6) is -0.479. The molecule has 0 spiro atoms. The molecule has 8 nitrogen and oxygen atoms in total. The molecule has 0 aliphatic carbocycles. The zero-order chi connectivity index (χ0) is 18.0. The first-order valence-corrected chi connectivity index (χ1v) is 7.54. The van der Waals surface area contributed by atoms with Crippen LogP contribution in [0.3, 0.4) is 0 Å². The van der Waals surface area contributed by atoms with Crippen molar-refractivity contribution in [2.45, 2.75) is 6.92 Å². The Bertz CT molecular complexity index is 956. The van der Waals surface area contributed by atoms with Crippen molar-refractivity contribution in [2.24, 2.45) is 0 Å². The third-order valence-corrected chi connectivity index (χ3v) is 3.94. The molecule has 0 radical (unpaired) electrons. The maximum absolute atomic E-state index is 12.4. The molecule has 1 N–H and O–H groups in total. The number of nitro benzene ring substituents is 1. The zero-order valence-electron chi connectivity index (χ0n) is 13.0. The van der Waals surface area contributed by atoms with E-state index < -0.39 is 10.8 Å². The molecule has 0 unspecified atom stereocenters. The number of amides is 1. The van der Waals surface area contributed by atoms with Crippen LogP contribution in [0.2, 0.25) is 5.02 Å². The van der Waals surface area contributed by atoms with Crippen molar-refractivity contribution >= 4 is 28.9 Å². The van der Waals surface area contributed by atoms with E-state index in [4.69, 9.17) is 11.6 Å². The van der Waals surface area contributed by atoms with E-state index in [0.29, 0.717) is 10.7 Å². The van der Waals surface area contributed by atoms with Gasteiger partial charge in [0.05, 0.1) is 4.92 Å². The van der Waals surface area contributed by atoms with E-state index in [9.17, 15) is 14.9 Å². The lowest BCUT2D eigenvalue weighted by molar-refractivity contribution is -0.384. The van der Waals surface area contributed by atoms with Gasteiger partial charge in [-0.2, -0.15) is 5.10 Å². The number of aryl methyl sites for hydroxylation is 1. The summed E-state index contributed by atoms with van der Waals surface area (Å²) in [6.07, 6.45) is 2.61. The Balaban J connectivity index is 1.91. The molecule has 9 heteroatoms. The normalized spacial score (nSPS) is 10.5. The molecule has 0 aliphatic heterocycles. The number of aromatic nitrogens is 3. The molecule has 1 aromatic heterocycles. The Morgan fingerprint density at radius 3 is 2.72 bits per heavy atom. The van der Waals surface area contributed by atoms with E-state index in [1.54, 1.807) is 18.2 Å². The van der Waals surface area contributed by atoms with Gasteiger partial charge in [0.1, 0.15) is 18.3 Å². The second-order valence-electron chi connectivity index (χ2n) is 5.22. The van der Waals surface area contributed by atoms with Crippen LogP contribution >= 0.6 is 11.6 Å². The van der Waals surface area contributed by atoms with Crippen molar-refractivity contribution in [3.8, 4) is 5.69 Å². The summed E-state index contributed by atoms with van der Waals surface area (Å²) in [5.41, 5.74) is 1.50. The Morgan fingerprint density at radius 2 is 2.08 bits per heavy atom. The average Bonchev–Trinajstić information content (AvgIpc) is 3.12. The monoisotopic (exact) mass is 357 g/mol. The number of anilines is 1. The highest BCUT2D eigenvalue weighted by molar-refractivity contribution is 6.31. The van der Waals surface area contributed by atoms with Gasteiger partial charge >= 0.3 is 0 Å². The van der Waals surface area contributed by atoms with E-state index in [2.05, 4.69) is 15.4 Å². The number of rotatable bonds is 4. The third-order valence-electron chi connectivity index (χ3n) is 3.53. The number of nitro groups is 1. The minimum atomic E-state index is -0.573. The first kappa shape index (κ1) is 16.6. The minimum Gasteiger partial charge on any atom is -0.322 e. The van der Waals surface area contributed by atoms with Crippen LogP contribution < -0.4 is 5.32 Å². The lowest BCUT2D eigenvalue weighted by Gasteiger charge is -2.08. The summed E-state index contributed by atoms with van der Waals surface area (Å²) in [6, 6.07) is 9.22. The van der Waals surface area contributed by atoms with Crippen LogP contribution in [0.4, 0.5) is 11.4 Å². The molecule has 1 amide bonds. The molecule has 0 bridgehead atoms. The number of carbonyl (C=O) groups excluding carboxylic acids is 1. The van der Waals surface area contributed by atoms with Gasteiger partial charge in [0, 0.05) is 22.3 Å². The van der Waals surface area contributed by atoms with Crippen LogP contribution in [0.25, 0.3) is 5.69 Å². The highest BCUT2D eigenvalue weighted by atomic mass is 35.5. The quantitative estimate of drug-likeness (QED) is 0.569. The molecule has 126 valence electrons. The van der Waals surface area contributed by atoms with Gasteiger partial charge in [-0.05, 0) is 36.8 Å². The molecule has 0 saturated heterocycles. The number of benzene rings is 2. The molecule has 25 heavy (non-hydrogen) atoms. The van der Waals surface area contributed by atoms with Gasteiger partial charge in [-0.15, -0.1) is 0 Å². The highest BCUT2D eigenvalue weighted by Crippen LogP contribution is 2.25. The second-order valence-corrected chi connectivity index (χ2v) is 5.63. The predicted molar refractivity (Wildman–Crippen MR) is 92.2 cm³/mol. The molecule has 1 heterocycles.